The van der Waals surface area contributed by atoms with Gasteiger partial charge in [0.05, 0.1) is 6.20 Å². The third-order valence-corrected chi connectivity index (χ3v) is 3.79. The van der Waals surface area contributed by atoms with Crippen molar-refractivity contribution >= 4 is 11.2 Å². The van der Waals surface area contributed by atoms with Gasteiger partial charge in [0.15, 0.2) is 5.65 Å². The van der Waals surface area contributed by atoms with Crippen LogP contribution in [0.1, 0.15) is 11.4 Å². The van der Waals surface area contributed by atoms with E-state index in [4.69, 9.17) is 0 Å². The SMILES string of the molecule is O=c1n(-c2ncc[nH]2)c2nc(Cc3ccccc3)ncc2n1C(F)(F)F. The number of benzene rings is 1. The fraction of sp³-hybridized carbons (Fsp3) is 0.125. The van der Waals surface area contributed by atoms with Crippen molar-refractivity contribution in [1.82, 2.24) is 29.1 Å². The normalized spacial score (nSPS) is 12.0. The number of halogens is 3. The summed E-state index contributed by atoms with van der Waals surface area (Å²) in [6.07, 6.45) is -0.831. The number of fused-ring (bicyclic) bond motifs is 1. The highest BCUT2D eigenvalue weighted by Gasteiger charge is 2.37. The molecule has 0 fully saturated rings. The van der Waals surface area contributed by atoms with Crippen LogP contribution in [0.15, 0.2) is 53.7 Å². The van der Waals surface area contributed by atoms with E-state index in [1.165, 1.54) is 12.4 Å². The second-order valence-electron chi connectivity index (χ2n) is 5.49. The summed E-state index contributed by atoms with van der Waals surface area (Å²) >= 11 is 0. The molecule has 0 bridgehead atoms. The number of aromatic amines is 1. The molecule has 0 atom stereocenters. The molecule has 3 aromatic heterocycles. The molecule has 0 radical (unpaired) electrons. The molecule has 0 unspecified atom stereocenters. The van der Waals surface area contributed by atoms with Gasteiger partial charge in [0.1, 0.15) is 11.3 Å². The second kappa shape index (κ2) is 5.83. The number of nitrogens with one attached hydrogen (secondary N) is 1. The topological polar surface area (TPSA) is 81.4 Å². The Morgan fingerprint density at radius 3 is 2.54 bits per heavy atom. The van der Waals surface area contributed by atoms with Crippen molar-refractivity contribution in [2.45, 2.75) is 12.7 Å². The van der Waals surface area contributed by atoms with Gasteiger partial charge in [-0.15, -0.1) is 13.2 Å². The summed E-state index contributed by atoms with van der Waals surface area (Å²) < 4.78 is 40.5. The van der Waals surface area contributed by atoms with Crippen molar-refractivity contribution < 1.29 is 13.2 Å². The lowest BCUT2D eigenvalue weighted by molar-refractivity contribution is -0.203. The predicted molar refractivity (Wildman–Crippen MR) is 85.8 cm³/mol. The minimum Gasteiger partial charge on any atom is -0.330 e. The minimum absolute atomic E-state index is 0.0487. The average Bonchev–Trinajstić information content (AvgIpc) is 3.20. The first-order valence-electron chi connectivity index (χ1n) is 7.55. The molecule has 0 aliphatic carbocycles. The first kappa shape index (κ1) is 16.1. The summed E-state index contributed by atoms with van der Waals surface area (Å²) in [4.78, 5) is 27.1. The van der Waals surface area contributed by atoms with Crippen LogP contribution < -0.4 is 5.69 Å². The van der Waals surface area contributed by atoms with Crippen LogP contribution in [0.2, 0.25) is 0 Å². The van der Waals surface area contributed by atoms with Crippen molar-refractivity contribution in [1.29, 1.82) is 0 Å². The van der Waals surface area contributed by atoms with E-state index >= 15 is 0 Å². The van der Waals surface area contributed by atoms with E-state index in [1.807, 2.05) is 30.3 Å². The first-order chi connectivity index (χ1) is 12.4. The van der Waals surface area contributed by atoms with Gasteiger partial charge in [-0.25, -0.2) is 24.3 Å². The van der Waals surface area contributed by atoms with Gasteiger partial charge in [-0.05, 0) is 5.56 Å². The molecule has 0 spiro atoms. The Morgan fingerprint density at radius 1 is 1.12 bits per heavy atom. The molecule has 26 heavy (non-hydrogen) atoms. The summed E-state index contributed by atoms with van der Waals surface area (Å²) in [6.45, 7) is 0. The van der Waals surface area contributed by atoms with Crippen LogP contribution in [0.3, 0.4) is 0 Å². The number of H-pyrrole nitrogens is 1. The van der Waals surface area contributed by atoms with Gasteiger partial charge >= 0.3 is 12.0 Å². The predicted octanol–water partition coefficient (Wildman–Crippen LogP) is 2.37. The maximum atomic E-state index is 13.3. The van der Waals surface area contributed by atoms with Crippen molar-refractivity contribution in [3.8, 4) is 5.95 Å². The van der Waals surface area contributed by atoms with Crippen LogP contribution in [0.4, 0.5) is 13.2 Å². The smallest absolute Gasteiger partial charge is 0.330 e. The Kier molecular flexibility index (Phi) is 3.60. The Hall–Kier alpha value is -3.43. The molecule has 1 aromatic carbocycles. The van der Waals surface area contributed by atoms with Crippen LogP contribution in [0, 0.1) is 0 Å². The summed E-state index contributed by atoms with van der Waals surface area (Å²) in [5.41, 5.74) is -1.01. The molecule has 132 valence electrons. The number of hydrogen-bond acceptors (Lipinski definition) is 4. The first-order valence-corrected chi connectivity index (χ1v) is 7.55. The van der Waals surface area contributed by atoms with E-state index in [2.05, 4.69) is 19.9 Å². The highest BCUT2D eigenvalue weighted by atomic mass is 19.4. The Bertz CT molecular complexity index is 1110. The molecule has 0 amide bonds. The summed E-state index contributed by atoms with van der Waals surface area (Å²) in [5, 5.41) is 0. The van der Waals surface area contributed by atoms with Crippen molar-refractivity contribution in [3.05, 3.63) is 70.8 Å². The van der Waals surface area contributed by atoms with E-state index in [-0.39, 0.29) is 16.2 Å². The third kappa shape index (κ3) is 2.65. The summed E-state index contributed by atoms with van der Waals surface area (Å²) in [6, 6.07) is 9.24. The Morgan fingerprint density at radius 2 is 1.88 bits per heavy atom. The number of alkyl halides is 3. The van der Waals surface area contributed by atoms with Crippen LogP contribution >= 0.6 is 0 Å². The van der Waals surface area contributed by atoms with Crippen LogP contribution in [-0.4, -0.2) is 29.1 Å². The largest absolute Gasteiger partial charge is 0.493 e. The molecular weight excluding hydrogens is 349 g/mol. The molecule has 0 saturated heterocycles. The lowest BCUT2D eigenvalue weighted by Crippen LogP contribution is -2.32. The van der Waals surface area contributed by atoms with Gasteiger partial charge in [0.25, 0.3) is 0 Å². The number of nitrogens with zero attached hydrogens (tertiary/aromatic N) is 5. The second-order valence-corrected chi connectivity index (χ2v) is 5.49. The fourth-order valence-electron chi connectivity index (χ4n) is 2.70. The molecule has 4 rings (SSSR count). The van der Waals surface area contributed by atoms with E-state index in [0.29, 0.717) is 12.2 Å². The number of rotatable bonds is 3. The number of aromatic nitrogens is 6. The van der Waals surface area contributed by atoms with Gasteiger partial charge in [0, 0.05) is 18.8 Å². The third-order valence-electron chi connectivity index (χ3n) is 3.79. The zero-order chi connectivity index (χ0) is 18.3. The molecule has 3 heterocycles. The molecular formula is C16H11F3N6O. The molecule has 7 nitrogen and oxygen atoms in total. The number of imidazole rings is 2. The van der Waals surface area contributed by atoms with E-state index in [1.54, 1.807) is 0 Å². The quantitative estimate of drug-likeness (QED) is 0.608. The minimum atomic E-state index is -4.91. The maximum Gasteiger partial charge on any atom is 0.493 e. The van der Waals surface area contributed by atoms with Crippen LogP contribution in [-0.2, 0) is 12.7 Å². The van der Waals surface area contributed by atoms with Crippen LogP contribution in [0.25, 0.3) is 17.1 Å². The van der Waals surface area contributed by atoms with E-state index in [0.717, 1.165) is 16.3 Å². The van der Waals surface area contributed by atoms with Gasteiger partial charge in [0.2, 0.25) is 5.95 Å². The van der Waals surface area contributed by atoms with E-state index in [9.17, 15) is 18.0 Å². The number of hydrogen-bond donors (Lipinski definition) is 1. The molecule has 0 aliphatic heterocycles. The molecule has 10 heteroatoms. The van der Waals surface area contributed by atoms with Gasteiger partial charge in [-0.3, -0.25) is 0 Å². The molecule has 1 N–H and O–H groups in total. The summed E-state index contributed by atoms with van der Waals surface area (Å²) in [5.74, 6) is 0.246. The van der Waals surface area contributed by atoms with Crippen LogP contribution in [0.5, 0.6) is 0 Å². The zero-order valence-electron chi connectivity index (χ0n) is 13.1. The Balaban J connectivity index is 1.94. The van der Waals surface area contributed by atoms with Gasteiger partial charge in [-0.1, -0.05) is 30.3 Å². The highest BCUT2D eigenvalue weighted by molar-refractivity contribution is 5.72. The fourth-order valence-corrected chi connectivity index (χ4v) is 2.70. The standard InChI is InChI=1S/C16H11F3N6O/c17-16(18,19)25-11-9-22-12(8-10-4-2-1-3-5-10)23-13(11)24(15(25)26)14-20-6-7-21-14/h1-7,9H,8H2,(H,20,21). The Labute approximate surface area is 143 Å². The highest BCUT2D eigenvalue weighted by Crippen LogP contribution is 2.26. The van der Waals surface area contributed by atoms with E-state index < -0.39 is 17.5 Å². The van der Waals surface area contributed by atoms with Gasteiger partial charge in [-0.2, -0.15) is 4.57 Å². The monoisotopic (exact) mass is 360 g/mol. The van der Waals surface area contributed by atoms with Crippen molar-refractivity contribution in [3.63, 3.8) is 0 Å². The molecule has 0 aliphatic rings. The summed E-state index contributed by atoms with van der Waals surface area (Å²) in [7, 11) is 0. The van der Waals surface area contributed by atoms with Crippen molar-refractivity contribution in [2.24, 2.45) is 0 Å². The lowest BCUT2D eigenvalue weighted by Gasteiger charge is -2.06. The molecule has 0 saturated carbocycles. The molecule has 4 aromatic rings. The zero-order valence-corrected chi connectivity index (χ0v) is 13.1. The van der Waals surface area contributed by atoms with Crippen molar-refractivity contribution in [2.75, 3.05) is 0 Å². The average molecular weight is 360 g/mol. The van der Waals surface area contributed by atoms with Gasteiger partial charge < -0.3 is 4.98 Å². The maximum absolute atomic E-state index is 13.3. The lowest BCUT2D eigenvalue weighted by atomic mass is 10.1.